The van der Waals surface area contributed by atoms with E-state index in [1.807, 2.05) is 54.7 Å². The summed E-state index contributed by atoms with van der Waals surface area (Å²) in [4.78, 5) is 39.5. The molecular formula is C30H31N3O5. The standard InChI is InChI=1S/C30H31N3O5/c1-37-28-9-5-2-6-22(28)12-15-29(35)32-18-24(16-23-17-31-27-8-4-3-7-26(23)27)33-30(36)20-38-25-13-10-21(19-34)11-14-25/h2-11,13-14,17,19,24,31H,12,15-16,18,20H2,1H3,(H,32,35)(H,33,36). The van der Waals surface area contributed by atoms with E-state index in [9.17, 15) is 14.4 Å². The third kappa shape index (κ3) is 7.22. The Morgan fingerprint density at radius 3 is 2.50 bits per heavy atom. The van der Waals surface area contributed by atoms with E-state index < -0.39 is 0 Å². The molecular weight excluding hydrogens is 482 g/mol. The van der Waals surface area contributed by atoms with E-state index in [0.29, 0.717) is 30.6 Å². The first kappa shape index (κ1) is 26.5. The average molecular weight is 514 g/mol. The number of nitrogens with one attached hydrogen (secondary N) is 3. The molecule has 4 aromatic rings. The van der Waals surface area contributed by atoms with Gasteiger partial charge < -0.3 is 25.1 Å². The third-order valence-corrected chi connectivity index (χ3v) is 6.25. The number of aromatic nitrogens is 1. The van der Waals surface area contributed by atoms with Crippen LogP contribution in [0.5, 0.6) is 11.5 Å². The Labute approximate surface area is 221 Å². The first-order valence-corrected chi connectivity index (χ1v) is 12.5. The minimum atomic E-state index is -0.349. The lowest BCUT2D eigenvalue weighted by Crippen LogP contribution is -2.46. The molecule has 0 radical (unpaired) electrons. The fraction of sp³-hybridized carbons (Fsp3) is 0.233. The highest BCUT2D eigenvalue weighted by Crippen LogP contribution is 2.20. The molecule has 0 fully saturated rings. The maximum absolute atomic E-state index is 12.7. The number of para-hydroxylation sites is 2. The summed E-state index contributed by atoms with van der Waals surface area (Å²) in [6.07, 6.45) is 4.05. The van der Waals surface area contributed by atoms with Crippen molar-refractivity contribution in [3.05, 3.63) is 95.7 Å². The van der Waals surface area contributed by atoms with Crippen LogP contribution in [-0.2, 0) is 22.4 Å². The number of fused-ring (bicyclic) bond motifs is 1. The minimum absolute atomic E-state index is 0.111. The van der Waals surface area contributed by atoms with Gasteiger partial charge in [0, 0.05) is 35.6 Å². The Bertz CT molecular complexity index is 1380. The number of benzene rings is 3. The van der Waals surface area contributed by atoms with Crippen molar-refractivity contribution in [2.24, 2.45) is 0 Å². The second-order valence-electron chi connectivity index (χ2n) is 8.92. The molecule has 8 nitrogen and oxygen atoms in total. The molecule has 0 saturated carbocycles. The maximum atomic E-state index is 12.7. The normalized spacial score (nSPS) is 11.5. The quantitative estimate of drug-likeness (QED) is 0.235. The average Bonchev–Trinajstić information content (AvgIpc) is 3.36. The van der Waals surface area contributed by atoms with Crippen LogP contribution in [0.3, 0.4) is 0 Å². The van der Waals surface area contributed by atoms with Crippen LogP contribution in [0, 0.1) is 0 Å². The van der Waals surface area contributed by atoms with Gasteiger partial charge in [0.2, 0.25) is 5.91 Å². The summed E-state index contributed by atoms with van der Waals surface area (Å²) in [5.74, 6) is 0.826. The van der Waals surface area contributed by atoms with Crippen molar-refractivity contribution in [1.82, 2.24) is 15.6 Å². The Hall–Kier alpha value is -4.59. The number of amides is 2. The number of H-pyrrole nitrogens is 1. The molecule has 0 aliphatic heterocycles. The number of carbonyl (C=O) groups excluding carboxylic acids is 3. The Kier molecular flexibility index (Phi) is 9.12. The van der Waals surface area contributed by atoms with E-state index in [1.165, 1.54) is 0 Å². The van der Waals surface area contributed by atoms with Crippen LogP contribution in [0.4, 0.5) is 0 Å². The van der Waals surface area contributed by atoms with Crippen LogP contribution in [-0.4, -0.2) is 49.4 Å². The van der Waals surface area contributed by atoms with Crippen molar-refractivity contribution in [1.29, 1.82) is 0 Å². The number of aromatic amines is 1. The predicted octanol–water partition coefficient (Wildman–Crippen LogP) is 3.84. The number of carbonyl (C=O) groups is 3. The first-order chi connectivity index (χ1) is 18.6. The molecule has 0 bridgehead atoms. The molecule has 196 valence electrons. The van der Waals surface area contributed by atoms with E-state index in [2.05, 4.69) is 15.6 Å². The number of aryl methyl sites for hydroxylation is 1. The number of rotatable bonds is 13. The maximum Gasteiger partial charge on any atom is 0.258 e. The van der Waals surface area contributed by atoms with E-state index in [4.69, 9.17) is 9.47 Å². The largest absolute Gasteiger partial charge is 0.496 e. The van der Waals surface area contributed by atoms with E-state index in [0.717, 1.165) is 34.1 Å². The van der Waals surface area contributed by atoms with Crippen LogP contribution < -0.4 is 20.1 Å². The highest BCUT2D eigenvalue weighted by atomic mass is 16.5. The summed E-state index contributed by atoms with van der Waals surface area (Å²) in [6.45, 7) is 0.0800. The summed E-state index contributed by atoms with van der Waals surface area (Å²) in [5, 5.41) is 7.03. The zero-order chi connectivity index (χ0) is 26.7. The van der Waals surface area contributed by atoms with Crippen molar-refractivity contribution < 1.29 is 23.9 Å². The van der Waals surface area contributed by atoms with Gasteiger partial charge in [0.05, 0.1) is 13.2 Å². The molecule has 4 rings (SSSR count). The SMILES string of the molecule is COc1ccccc1CCC(=O)NCC(Cc1c[nH]c2ccccc12)NC(=O)COc1ccc(C=O)cc1. The van der Waals surface area contributed by atoms with Crippen LogP contribution in [0.1, 0.15) is 27.9 Å². The van der Waals surface area contributed by atoms with Crippen molar-refractivity contribution in [2.45, 2.75) is 25.3 Å². The fourth-order valence-electron chi connectivity index (χ4n) is 4.28. The molecule has 1 atom stereocenters. The van der Waals surface area contributed by atoms with Gasteiger partial charge >= 0.3 is 0 Å². The summed E-state index contributed by atoms with van der Waals surface area (Å²) < 4.78 is 10.9. The Morgan fingerprint density at radius 2 is 1.71 bits per heavy atom. The van der Waals surface area contributed by atoms with Gasteiger partial charge in [-0.05, 0) is 60.4 Å². The topological polar surface area (TPSA) is 110 Å². The third-order valence-electron chi connectivity index (χ3n) is 6.25. The number of ether oxygens (including phenoxy) is 2. The molecule has 2 amide bonds. The van der Waals surface area contributed by atoms with Gasteiger partial charge in [-0.1, -0.05) is 36.4 Å². The molecule has 0 saturated heterocycles. The van der Waals surface area contributed by atoms with Crippen LogP contribution >= 0.6 is 0 Å². The molecule has 1 unspecified atom stereocenters. The molecule has 0 spiro atoms. The fourth-order valence-corrected chi connectivity index (χ4v) is 4.28. The van der Waals surface area contributed by atoms with Gasteiger partial charge in [-0.2, -0.15) is 0 Å². The summed E-state index contributed by atoms with van der Waals surface area (Å²) in [7, 11) is 1.61. The summed E-state index contributed by atoms with van der Waals surface area (Å²) in [5.41, 5.74) is 3.55. The lowest BCUT2D eigenvalue weighted by molar-refractivity contribution is -0.125. The van der Waals surface area contributed by atoms with Crippen molar-refractivity contribution in [2.75, 3.05) is 20.3 Å². The predicted molar refractivity (Wildman–Crippen MR) is 146 cm³/mol. The lowest BCUT2D eigenvalue weighted by atomic mass is 10.0. The number of methoxy groups -OCH3 is 1. The van der Waals surface area contributed by atoms with Crippen LogP contribution in [0.25, 0.3) is 10.9 Å². The van der Waals surface area contributed by atoms with Gasteiger partial charge in [-0.15, -0.1) is 0 Å². The lowest BCUT2D eigenvalue weighted by Gasteiger charge is -2.20. The van der Waals surface area contributed by atoms with Crippen LogP contribution in [0.15, 0.2) is 79.0 Å². The zero-order valence-electron chi connectivity index (χ0n) is 21.2. The molecule has 8 heteroatoms. The van der Waals surface area contributed by atoms with Gasteiger partial charge in [-0.3, -0.25) is 14.4 Å². The second kappa shape index (κ2) is 13.1. The highest BCUT2D eigenvalue weighted by Gasteiger charge is 2.17. The van der Waals surface area contributed by atoms with E-state index in [-0.39, 0.29) is 31.0 Å². The van der Waals surface area contributed by atoms with Gasteiger partial charge in [-0.25, -0.2) is 0 Å². The second-order valence-corrected chi connectivity index (χ2v) is 8.92. The first-order valence-electron chi connectivity index (χ1n) is 12.5. The van der Waals surface area contributed by atoms with Crippen molar-refractivity contribution >= 4 is 29.0 Å². The van der Waals surface area contributed by atoms with Crippen LogP contribution in [0.2, 0.25) is 0 Å². The Morgan fingerprint density at radius 1 is 0.947 bits per heavy atom. The monoisotopic (exact) mass is 513 g/mol. The molecule has 1 heterocycles. The summed E-state index contributed by atoms with van der Waals surface area (Å²) >= 11 is 0. The van der Waals surface area contributed by atoms with E-state index >= 15 is 0 Å². The summed E-state index contributed by atoms with van der Waals surface area (Å²) in [6, 6.07) is 21.8. The Balaban J connectivity index is 1.36. The van der Waals surface area contributed by atoms with Gasteiger partial charge in [0.1, 0.15) is 17.8 Å². The minimum Gasteiger partial charge on any atom is -0.496 e. The molecule has 3 aromatic carbocycles. The molecule has 1 aromatic heterocycles. The molecule has 3 N–H and O–H groups in total. The number of hydrogen-bond acceptors (Lipinski definition) is 5. The molecule has 0 aliphatic rings. The molecule has 0 aliphatic carbocycles. The smallest absolute Gasteiger partial charge is 0.258 e. The number of aldehydes is 1. The zero-order valence-corrected chi connectivity index (χ0v) is 21.2. The van der Waals surface area contributed by atoms with Crippen molar-refractivity contribution in [3.63, 3.8) is 0 Å². The molecule has 38 heavy (non-hydrogen) atoms. The highest BCUT2D eigenvalue weighted by molar-refractivity contribution is 5.83. The van der Waals surface area contributed by atoms with Gasteiger partial charge in [0.25, 0.3) is 5.91 Å². The van der Waals surface area contributed by atoms with E-state index in [1.54, 1.807) is 31.4 Å². The van der Waals surface area contributed by atoms with Gasteiger partial charge in [0.15, 0.2) is 6.61 Å². The number of hydrogen-bond donors (Lipinski definition) is 3. The van der Waals surface area contributed by atoms with Crippen molar-refractivity contribution in [3.8, 4) is 11.5 Å².